The number of halogens is 1. The van der Waals surface area contributed by atoms with Crippen molar-refractivity contribution >= 4 is 23.4 Å². The highest BCUT2D eigenvalue weighted by molar-refractivity contribution is 7.98. The predicted molar refractivity (Wildman–Crippen MR) is 121 cm³/mol. The molecule has 0 radical (unpaired) electrons. The molecule has 0 bridgehead atoms. The van der Waals surface area contributed by atoms with Crippen molar-refractivity contribution in [1.82, 2.24) is 19.9 Å². The third-order valence-electron chi connectivity index (χ3n) is 5.20. The van der Waals surface area contributed by atoms with Crippen molar-refractivity contribution in [1.29, 1.82) is 0 Å². The summed E-state index contributed by atoms with van der Waals surface area (Å²) in [4.78, 5) is 0. The first-order chi connectivity index (χ1) is 15.3. The predicted octanol–water partition coefficient (Wildman–Crippen LogP) is 5.72. The monoisotopic (exact) mass is 452 g/mol. The Morgan fingerprint density at radius 3 is 2.65 bits per heavy atom. The number of rotatable bonds is 7. The Morgan fingerprint density at radius 2 is 1.87 bits per heavy atom. The van der Waals surface area contributed by atoms with Crippen molar-refractivity contribution in [3.05, 3.63) is 71.4 Å². The van der Waals surface area contributed by atoms with Crippen molar-refractivity contribution in [3.63, 3.8) is 0 Å². The minimum absolute atomic E-state index is 0.179. The van der Waals surface area contributed by atoms with Crippen LogP contribution in [0.25, 0.3) is 22.7 Å². The zero-order valence-corrected chi connectivity index (χ0v) is 18.4. The average Bonchev–Trinajstić information content (AvgIpc) is 3.56. The molecule has 0 amide bonds. The van der Waals surface area contributed by atoms with Gasteiger partial charge >= 0.3 is 0 Å². The molecule has 1 atom stereocenters. The second-order valence-electron chi connectivity index (χ2n) is 7.40. The Hall–Kier alpha value is -2.61. The van der Waals surface area contributed by atoms with E-state index in [9.17, 15) is 0 Å². The summed E-state index contributed by atoms with van der Waals surface area (Å²) in [5.41, 5.74) is 2.86. The Kier molecular flexibility index (Phi) is 6.06. The molecule has 0 spiro atoms. The Morgan fingerprint density at radius 1 is 1.03 bits per heavy atom. The minimum atomic E-state index is 0.179. The van der Waals surface area contributed by atoms with Crippen LogP contribution in [0.3, 0.4) is 0 Å². The summed E-state index contributed by atoms with van der Waals surface area (Å²) in [5, 5.41) is 14.7. The molecule has 1 aliphatic rings. The van der Waals surface area contributed by atoms with Crippen LogP contribution in [0, 0.1) is 0 Å². The number of hydrogen-bond acceptors (Lipinski definition) is 6. The minimum Gasteiger partial charge on any atom is -0.376 e. The highest BCUT2D eigenvalue weighted by atomic mass is 35.5. The Labute approximate surface area is 189 Å². The van der Waals surface area contributed by atoms with E-state index in [1.807, 2.05) is 60.7 Å². The van der Waals surface area contributed by atoms with E-state index in [0.29, 0.717) is 10.8 Å². The molecule has 0 aliphatic carbocycles. The lowest BCUT2D eigenvalue weighted by Gasteiger charge is -2.14. The van der Waals surface area contributed by atoms with E-state index in [2.05, 4.69) is 19.9 Å². The largest absolute Gasteiger partial charge is 0.376 e. The first-order valence-corrected chi connectivity index (χ1v) is 11.6. The zero-order valence-electron chi connectivity index (χ0n) is 16.8. The smallest absolute Gasteiger partial charge is 0.191 e. The van der Waals surface area contributed by atoms with E-state index in [1.54, 1.807) is 11.8 Å². The number of aromatic nitrogens is 4. The molecule has 0 saturated carbocycles. The lowest BCUT2D eigenvalue weighted by Crippen LogP contribution is -2.16. The van der Waals surface area contributed by atoms with Crippen LogP contribution in [0.5, 0.6) is 0 Å². The Balaban J connectivity index is 1.37. The normalized spacial score (nSPS) is 16.1. The van der Waals surface area contributed by atoms with E-state index >= 15 is 0 Å². The fraction of sp³-hybridized carbons (Fsp3) is 0.261. The van der Waals surface area contributed by atoms with Gasteiger partial charge in [-0.3, -0.25) is 4.57 Å². The molecule has 158 valence electrons. The summed E-state index contributed by atoms with van der Waals surface area (Å²) in [6.45, 7) is 1.54. The molecule has 1 fully saturated rings. The standard InChI is InChI=1S/C23H21ClN4O2S/c24-18-10-8-17(9-11-18)22-25-26-23(28(22)14-20-7-4-12-29-20)31-15-19-13-21(30-27-19)16-5-2-1-3-6-16/h1-3,5-6,8-11,13,20H,4,7,12,14-15H2. The quantitative estimate of drug-likeness (QED) is 0.334. The van der Waals surface area contributed by atoms with Crippen LogP contribution in [0.4, 0.5) is 0 Å². The number of thioether (sulfide) groups is 1. The SMILES string of the molecule is Clc1ccc(-c2nnc(SCc3cc(-c4ccccc4)on3)n2CC2CCCO2)cc1. The van der Waals surface area contributed by atoms with Gasteiger partial charge in [0.1, 0.15) is 0 Å². The van der Waals surface area contributed by atoms with Crippen molar-refractivity contribution in [2.24, 2.45) is 0 Å². The molecule has 0 N–H and O–H groups in total. The van der Waals surface area contributed by atoms with Crippen molar-refractivity contribution < 1.29 is 9.26 Å². The molecule has 2 aromatic carbocycles. The van der Waals surface area contributed by atoms with Gasteiger partial charge in [0.15, 0.2) is 16.7 Å². The van der Waals surface area contributed by atoms with E-state index in [0.717, 1.165) is 59.6 Å². The first-order valence-electron chi connectivity index (χ1n) is 10.2. The molecular weight excluding hydrogens is 432 g/mol. The number of ether oxygens (including phenoxy) is 1. The van der Waals surface area contributed by atoms with Crippen LogP contribution < -0.4 is 0 Å². The van der Waals surface area contributed by atoms with Gasteiger partial charge in [-0.05, 0) is 37.1 Å². The molecule has 1 unspecified atom stereocenters. The third kappa shape index (κ3) is 4.69. The van der Waals surface area contributed by atoms with Crippen LogP contribution in [-0.2, 0) is 17.0 Å². The molecule has 1 saturated heterocycles. The van der Waals surface area contributed by atoms with Crippen LogP contribution in [0.2, 0.25) is 5.02 Å². The third-order valence-corrected chi connectivity index (χ3v) is 6.45. The van der Waals surface area contributed by atoms with Crippen LogP contribution in [0.15, 0.2) is 70.3 Å². The summed E-state index contributed by atoms with van der Waals surface area (Å²) in [6.07, 6.45) is 2.32. The number of benzene rings is 2. The summed E-state index contributed by atoms with van der Waals surface area (Å²) < 4.78 is 13.5. The zero-order chi connectivity index (χ0) is 21.0. The van der Waals surface area contributed by atoms with Gasteiger partial charge in [0.25, 0.3) is 0 Å². The molecular formula is C23H21ClN4O2S. The highest BCUT2D eigenvalue weighted by Crippen LogP contribution is 2.30. The fourth-order valence-corrected chi connectivity index (χ4v) is 4.58. The highest BCUT2D eigenvalue weighted by Gasteiger charge is 2.22. The molecule has 1 aliphatic heterocycles. The van der Waals surface area contributed by atoms with Gasteiger partial charge in [-0.1, -0.05) is 58.9 Å². The van der Waals surface area contributed by atoms with Gasteiger partial charge in [-0.25, -0.2) is 0 Å². The summed E-state index contributed by atoms with van der Waals surface area (Å²) >= 11 is 7.66. The number of hydrogen-bond donors (Lipinski definition) is 0. The van der Waals surface area contributed by atoms with E-state index in [1.165, 1.54) is 0 Å². The average molecular weight is 453 g/mol. The van der Waals surface area contributed by atoms with Gasteiger partial charge in [-0.15, -0.1) is 10.2 Å². The second-order valence-corrected chi connectivity index (χ2v) is 8.77. The van der Waals surface area contributed by atoms with Crippen LogP contribution in [-0.4, -0.2) is 32.6 Å². The molecule has 5 rings (SSSR count). The van der Waals surface area contributed by atoms with E-state index in [4.69, 9.17) is 20.9 Å². The van der Waals surface area contributed by atoms with Gasteiger partial charge in [0, 0.05) is 34.6 Å². The maximum atomic E-state index is 6.06. The second kappa shape index (κ2) is 9.26. The van der Waals surface area contributed by atoms with Gasteiger partial charge in [-0.2, -0.15) is 0 Å². The lowest BCUT2D eigenvalue weighted by atomic mass is 10.2. The lowest BCUT2D eigenvalue weighted by molar-refractivity contribution is 0.0953. The van der Waals surface area contributed by atoms with E-state index in [-0.39, 0.29) is 6.10 Å². The van der Waals surface area contributed by atoms with Crippen LogP contribution in [0.1, 0.15) is 18.5 Å². The van der Waals surface area contributed by atoms with Crippen molar-refractivity contribution in [2.75, 3.05) is 6.61 Å². The van der Waals surface area contributed by atoms with Crippen LogP contribution >= 0.6 is 23.4 Å². The fourth-order valence-electron chi connectivity index (χ4n) is 3.62. The summed E-state index contributed by atoms with van der Waals surface area (Å²) in [5.74, 6) is 2.22. The van der Waals surface area contributed by atoms with Gasteiger partial charge in [0.05, 0.1) is 18.3 Å². The topological polar surface area (TPSA) is 66.0 Å². The molecule has 31 heavy (non-hydrogen) atoms. The maximum Gasteiger partial charge on any atom is 0.191 e. The first kappa shape index (κ1) is 20.3. The number of nitrogens with zero attached hydrogens (tertiary/aromatic N) is 4. The van der Waals surface area contributed by atoms with E-state index < -0.39 is 0 Å². The van der Waals surface area contributed by atoms with Gasteiger partial charge < -0.3 is 9.26 Å². The van der Waals surface area contributed by atoms with Crippen molar-refractivity contribution in [3.8, 4) is 22.7 Å². The summed E-state index contributed by atoms with van der Waals surface area (Å²) in [6, 6.07) is 19.6. The molecule has 3 heterocycles. The molecule has 4 aromatic rings. The molecule has 6 nitrogen and oxygen atoms in total. The van der Waals surface area contributed by atoms with Crippen molar-refractivity contribution in [2.45, 2.75) is 36.4 Å². The molecule has 8 heteroatoms. The van der Waals surface area contributed by atoms with Gasteiger partial charge in [0.2, 0.25) is 0 Å². The Bertz CT molecular complexity index is 1140. The maximum absolute atomic E-state index is 6.06. The summed E-state index contributed by atoms with van der Waals surface area (Å²) in [7, 11) is 0. The molecule has 2 aromatic heterocycles.